The summed E-state index contributed by atoms with van der Waals surface area (Å²) in [4.78, 5) is 14.3. The summed E-state index contributed by atoms with van der Waals surface area (Å²) in [6, 6.07) is 0.749. The molecule has 0 amide bonds. The highest BCUT2D eigenvalue weighted by atomic mass is 15.2. The van der Waals surface area contributed by atoms with Gasteiger partial charge in [-0.2, -0.15) is 0 Å². The SMILES string of the molecule is Cc1cnc(C)c(N2CCC([C@H](C)N3CCCC3)CC2)n1. The zero-order valence-corrected chi connectivity index (χ0v) is 13.7. The monoisotopic (exact) mass is 288 g/mol. The molecule has 0 aliphatic carbocycles. The van der Waals surface area contributed by atoms with Gasteiger partial charge in [0.1, 0.15) is 5.82 Å². The summed E-state index contributed by atoms with van der Waals surface area (Å²) >= 11 is 0. The van der Waals surface area contributed by atoms with Gasteiger partial charge in [0.2, 0.25) is 0 Å². The minimum atomic E-state index is 0.749. The molecule has 0 aromatic carbocycles. The molecule has 0 N–H and O–H groups in total. The van der Waals surface area contributed by atoms with Gasteiger partial charge < -0.3 is 9.80 Å². The van der Waals surface area contributed by atoms with Gasteiger partial charge in [-0.25, -0.2) is 4.98 Å². The van der Waals surface area contributed by atoms with Crippen LogP contribution < -0.4 is 4.90 Å². The van der Waals surface area contributed by atoms with E-state index in [-0.39, 0.29) is 0 Å². The predicted octanol–water partition coefficient (Wildman–Crippen LogP) is 2.79. The van der Waals surface area contributed by atoms with Gasteiger partial charge in [-0.1, -0.05) is 0 Å². The van der Waals surface area contributed by atoms with Crippen LogP contribution in [0.3, 0.4) is 0 Å². The zero-order valence-electron chi connectivity index (χ0n) is 13.7. The lowest BCUT2D eigenvalue weighted by atomic mass is 9.89. The lowest BCUT2D eigenvalue weighted by Crippen LogP contribution is -2.43. The van der Waals surface area contributed by atoms with Crippen molar-refractivity contribution in [2.24, 2.45) is 5.92 Å². The van der Waals surface area contributed by atoms with Crippen LogP contribution >= 0.6 is 0 Å². The van der Waals surface area contributed by atoms with Crippen molar-refractivity contribution < 1.29 is 0 Å². The summed E-state index contributed by atoms with van der Waals surface area (Å²) in [5.74, 6) is 1.94. The Labute approximate surface area is 128 Å². The number of nitrogens with zero attached hydrogens (tertiary/aromatic N) is 4. The quantitative estimate of drug-likeness (QED) is 0.856. The maximum absolute atomic E-state index is 4.70. The second kappa shape index (κ2) is 6.30. The summed E-state index contributed by atoms with van der Waals surface area (Å²) in [5, 5.41) is 0. The molecule has 3 heterocycles. The molecule has 0 spiro atoms. The van der Waals surface area contributed by atoms with Crippen molar-refractivity contribution in [3.05, 3.63) is 17.6 Å². The zero-order chi connectivity index (χ0) is 14.8. The van der Waals surface area contributed by atoms with E-state index in [2.05, 4.69) is 28.6 Å². The molecule has 1 aromatic rings. The standard InChI is InChI=1S/C17H28N4/c1-13-12-18-14(2)17(19-13)21-10-6-16(7-11-21)15(3)20-8-4-5-9-20/h12,15-16H,4-11H2,1-3H3/t15-/m0/s1. The Morgan fingerprint density at radius 2 is 1.76 bits per heavy atom. The molecular weight excluding hydrogens is 260 g/mol. The topological polar surface area (TPSA) is 32.3 Å². The molecule has 4 heteroatoms. The van der Waals surface area contributed by atoms with Crippen molar-refractivity contribution in [3.63, 3.8) is 0 Å². The van der Waals surface area contributed by atoms with Gasteiger partial charge in [0.15, 0.2) is 0 Å². The van der Waals surface area contributed by atoms with Gasteiger partial charge in [0, 0.05) is 25.3 Å². The molecule has 2 fully saturated rings. The molecule has 116 valence electrons. The number of hydrogen-bond acceptors (Lipinski definition) is 4. The van der Waals surface area contributed by atoms with Crippen molar-refractivity contribution in [3.8, 4) is 0 Å². The molecule has 1 atom stereocenters. The summed E-state index contributed by atoms with van der Waals surface area (Å²) < 4.78 is 0. The van der Waals surface area contributed by atoms with Gasteiger partial charge in [-0.3, -0.25) is 4.98 Å². The van der Waals surface area contributed by atoms with E-state index >= 15 is 0 Å². The minimum Gasteiger partial charge on any atom is -0.355 e. The molecular formula is C17H28N4. The van der Waals surface area contributed by atoms with E-state index in [9.17, 15) is 0 Å². The van der Waals surface area contributed by atoms with E-state index in [0.29, 0.717) is 0 Å². The Hall–Kier alpha value is -1.16. The average Bonchev–Trinajstić information content (AvgIpc) is 3.03. The molecule has 4 nitrogen and oxygen atoms in total. The van der Waals surface area contributed by atoms with Crippen LogP contribution in [0.15, 0.2) is 6.20 Å². The van der Waals surface area contributed by atoms with Gasteiger partial charge >= 0.3 is 0 Å². The third-order valence-electron chi connectivity index (χ3n) is 5.29. The van der Waals surface area contributed by atoms with Gasteiger partial charge in [-0.15, -0.1) is 0 Å². The number of aryl methyl sites for hydroxylation is 2. The van der Waals surface area contributed by atoms with Gasteiger partial charge in [0.25, 0.3) is 0 Å². The van der Waals surface area contributed by atoms with Crippen molar-refractivity contribution >= 4 is 5.82 Å². The second-order valence-electron chi connectivity index (χ2n) is 6.73. The molecule has 2 saturated heterocycles. The highest BCUT2D eigenvalue weighted by Gasteiger charge is 2.29. The third kappa shape index (κ3) is 3.20. The first-order chi connectivity index (χ1) is 10.1. The van der Waals surface area contributed by atoms with Crippen molar-refractivity contribution in [1.82, 2.24) is 14.9 Å². The molecule has 0 unspecified atom stereocenters. The Morgan fingerprint density at radius 3 is 2.43 bits per heavy atom. The van der Waals surface area contributed by atoms with Gasteiger partial charge in [0.05, 0.1) is 11.4 Å². The van der Waals surface area contributed by atoms with Crippen molar-refractivity contribution in [2.45, 2.75) is 52.5 Å². The summed E-state index contributed by atoms with van der Waals surface area (Å²) in [7, 11) is 0. The van der Waals surface area contributed by atoms with Crippen LogP contribution in [0.4, 0.5) is 5.82 Å². The van der Waals surface area contributed by atoms with E-state index in [4.69, 9.17) is 4.98 Å². The molecule has 0 bridgehead atoms. The second-order valence-corrected chi connectivity index (χ2v) is 6.73. The van der Waals surface area contributed by atoms with Crippen LogP contribution in [-0.2, 0) is 0 Å². The third-order valence-corrected chi connectivity index (χ3v) is 5.29. The van der Waals surface area contributed by atoms with Crippen molar-refractivity contribution in [2.75, 3.05) is 31.1 Å². The van der Waals surface area contributed by atoms with E-state index in [1.807, 2.05) is 13.1 Å². The average molecular weight is 288 g/mol. The van der Waals surface area contributed by atoms with Gasteiger partial charge in [-0.05, 0) is 65.5 Å². The van der Waals surface area contributed by atoms with Crippen LogP contribution in [0, 0.1) is 19.8 Å². The molecule has 2 aliphatic rings. The first-order valence-corrected chi connectivity index (χ1v) is 8.44. The summed E-state index contributed by atoms with van der Waals surface area (Å²) in [6.07, 6.45) is 7.21. The normalized spacial score (nSPS) is 22.7. The van der Waals surface area contributed by atoms with E-state index in [0.717, 1.165) is 42.3 Å². The highest BCUT2D eigenvalue weighted by molar-refractivity contribution is 5.43. The highest BCUT2D eigenvalue weighted by Crippen LogP contribution is 2.29. The molecule has 3 rings (SSSR count). The molecule has 0 radical (unpaired) electrons. The summed E-state index contributed by atoms with van der Waals surface area (Å²) in [6.45, 7) is 11.4. The van der Waals surface area contributed by atoms with Crippen LogP contribution in [-0.4, -0.2) is 47.1 Å². The van der Waals surface area contributed by atoms with Crippen LogP contribution in [0.25, 0.3) is 0 Å². The van der Waals surface area contributed by atoms with Crippen LogP contribution in [0.2, 0.25) is 0 Å². The van der Waals surface area contributed by atoms with E-state index < -0.39 is 0 Å². The van der Waals surface area contributed by atoms with E-state index in [1.165, 1.54) is 38.8 Å². The number of piperidine rings is 1. The van der Waals surface area contributed by atoms with Crippen molar-refractivity contribution in [1.29, 1.82) is 0 Å². The first-order valence-electron chi connectivity index (χ1n) is 8.44. The number of hydrogen-bond donors (Lipinski definition) is 0. The maximum Gasteiger partial charge on any atom is 0.150 e. The Kier molecular flexibility index (Phi) is 4.43. The Bertz CT molecular complexity index is 474. The molecule has 21 heavy (non-hydrogen) atoms. The fourth-order valence-corrected chi connectivity index (χ4v) is 3.86. The lowest BCUT2D eigenvalue weighted by Gasteiger charge is -2.39. The number of rotatable bonds is 3. The number of likely N-dealkylation sites (tertiary alicyclic amines) is 1. The Morgan fingerprint density at radius 1 is 1.10 bits per heavy atom. The predicted molar refractivity (Wildman–Crippen MR) is 86.7 cm³/mol. The fourth-order valence-electron chi connectivity index (χ4n) is 3.86. The molecule has 0 saturated carbocycles. The maximum atomic E-state index is 4.70. The summed E-state index contributed by atoms with van der Waals surface area (Å²) in [5.41, 5.74) is 2.08. The van der Waals surface area contributed by atoms with Crippen LogP contribution in [0.1, 0.15) is 44.0 Å². The molecule has 1 aromatic heterocycles. The Balaban J connectivity index is 1.60. The number of aromatic nitrogens is 2. The minimum absolute atomic E-state index is 0.749. The first kappa shape index (κ1) is 14.8. The largest absolute Gasteiger partial charge is 0.355 e. The van der Waals surface area contributed by atoms with Crippen LogP contribution in [0.5, 0.6) is 0 Å². The number of anilines is 1. The molecule has 2 aliphatic heterocycles. The smallest absolute Gasteiger partial charge is 0.150 e. The van der Waals surface area contributed by atoms with E-state index in [1.54, 1.807) is 0 Å². The lowest BCUT2D eigenvalue weighted by molar-refractivity contribution is 0.167. The fraction of sp³-hybridized carbons (Fsp3) is 0.765.